The van der Waals surface area contributed by atoms with Gasteiger partial charge < -0.3 is 10.6 Å². The van der Waals surface area contributed by atoms with E-state index in [0.29, 0.717) is 12.6 Å². The Morgan fingerprint density at radius 2 is 2.10 bits per heavy atom. The number of hydrogen-bond donors (Lipinski definition) is 2. The molecule has 1 aromatic heterocycles. The van der Waals surface area contributed by atoms with Crippen molar-refractivity contribution < 1.29 is 4.84 Å². The second-order valence-electron chi connectivity index (χ2n) is 4.88. The molecule has 0 saturated heterocycles. The number of nitrogens with zero attached hydrogens (tertiary/aromatic N) is 4. The fourth-order valence-corrected chi connectivity index (χ4v) is 1.75. The average Bonchev–Trinajstić information content (AvgIpc) is 2.43. The molecule has 7 heteroatoms. The molecule has 2 aromatic rings. The molecule has 1 heterocycles. The van der Waals surface area contributed by atoms with Gasteiger partial charge in [-0.1, -0.05) is 18.2 Å². The maximum atomic E-state index is 5.74. The summed E-state index contributed by atoms with van der Waals surface area (Å²) in [5.74, 6) is 0.441. The number of aryl methyl sites for hydroxylation is 1. The van der Waals surface area contributed by atoms with Gasteiger partial charge in [0.05, 0.1) is 17.8 Å². The number of para-hydroxylation sites is 1. The zero-order valence-corrected chi connectivity index (χ0v) is 12.5. The molecular formula is C14H20N6O. The Morgan fingerprint density at radius 3 is 2.86 bits per heavy atom. The Kier molecular flexibility index (Phi) is 5.02. The zero-order valence-electron chi connectivity index (χ0n) is 12.5. The third-order valence-corrected chi connectivity index (χ3v) is 2.82. The van der Waals surface area contributed by atoms with Crippen LogP contribution in [0, 0.1) is 6.92 Å². The Hall–Kier alpha value is -2.25. The number of fused-ring (bicyclic) bond motifs is 1. The number of hydrogen-bond acceptors (Lipinski definition) is 5. The minimum atomic E-state index is 0.128. The first kappa shape index (κ1) is 15.1. The van der Waals surface area contributed by atoms with Gasteiger partial charge in [-0.05, 0) is 27.1 Å². The van der Waals surface area contributed by atoms with Crippen molar-refractivity contribution in [3.8, 4) is 0 Å². The minimum Gasteiger partial charge on any atom is -0.368 e. The van der Waals surface area contributed by atoms with E-state index in [1.165, 1.54) is 0 Å². The Morgan fingerprint density at radius 1 is 1.33 bits per heavy atom. The number of likely N-dealkylation sites (N-methyl/N-ethyl adjacent to an activating group) is 1. The van der Waals surface area contributed by atoms with Gasteiger partial charge in [-0.3, -0.25) is 4.84 Å². The lowest BCUT2D eigenvalue weighted by atomic mass is 10.2. The van der Waals surface area contributed by atoms with Crippen molar-refractivity contribution in [2.75, 3.05) is 27.2 Å². The number of aliphatic imine (C=N–C) groups is 1. The van der Waals surface area contributed by atoms with Gasteiger partial charge in [0, 0.05) is 11.9 Å². The predicted molar refractivity (Wildman–Crippen MR) is 83.2 cm³/mol. The van der Waals surface area contributed by atoms with Crippen LogP contribution in [0.15, 0.2) is 29.3 Å². The van der Waals surface area contributed by atoms with E-state index in [1.807, 2.05) is 50.2 Å². The highest BCUT2D eigenvalue weighted by atomic mass is 16.6. The molecule has 0 bridgehead atoms. The number of benzene rings is 1. The van der Waals surface area contributed by atoms with Gasteiger partial charge >= 0.3 is 0 Å². The highest BCUT2D eigenvalue weighted by Crippen LogP contribution is 2.17. The van der Waals surface area contributed by atoms with E-state index in [-0.39, 0.29) is 5.96 Å². The van der Waals surface area contributed by atoms with Gasteiger partial charge in [-0.15, -0.1) is 0 Å². The molecule has 112 valence electrons. The summed E-state index contributed by atoms with van der Waals surface area (Å²) in [6.45, 7) is 3.20. The van der Waals surface area contributed by atoms with E-state index >= 15 is 0 Å². The van der Waals surface area contributed by atoms with E-state index < -0.39 is 0 Å². The molecular weight excluding hydrogens is 268 g/mol. The van der Waals surface area contributed by atoms with Gasteiger partial charge in [-0.2, -0.15) is 4.99 Å². The Balaban J connectivity index is 2.06. The van der Waals surface area contributed by atoms with Crippen molar-refractivity contribution in [2.45, 2.75) is 6.92 Å². The number of guanidine groups is 1. The molecule has 0 aliphatic carbocycles. The summed E-state index contributed by atoms with van der Waals surface area (Å²) >= 11 is 0. The van der Waals surface area contributed by atoms with E-state index in [0.717, 1.165) is 23.1 Å². The fourth-order valence-electron chi connectivity index (χ4n) is 1.75. The van der Waals surface area contributed by atoms with Crippen molar-refractivity contribution in [3.05, 3.63) is 30.0 Å². The van der Waals surface area contributed by atoms with Gasteiger partial charge in [0.2, 0.25) is 5.96 Å². The van der Waals surface area contributed by atoms with Crippen LogP contribution < -0.4 is 11.2 Å². The standard InChI is InChI=1S/C14H20N6O/c1-10-11-6-4-5-7-12(11)17-14(16-10)18-13(15)19-21-9-8-20(2)3/h4-7H,8-9H2,1-3H3,(H3,15,16,17,18,19). The second kappa shape index (κ2) is 6.96. The Bertz CT molecular complexity index is 640. The van der Waals surface area contributed by atoms with Gasteiger partial charge in [-0.25, -0.2) is 15.4 Å². The van der Waals surface area contributed by atoms with Crippen LogP contribution in [-0.4, -0.2) is 48.1 Å². The molecule has 0 aliphatic rings. The lowest BCUT2D eigenvalue weighted by Gasteiger charge is -2.10. The van der Waals surface area contributed by atoms with E-state index in [2.05, 4.69) is 20.4 Å². The maximum Gasteiger partial charge on any atom is 0.253 e. The number of rotatable bonds is 5. The number of hydroxylamine groups is 1. The number of nitrogens with two attached hydrogens (primary N) is 1. The van der Waals surface area contributed by atoms with Crippen LogP contribution in [0.5, 0.6) is 0 Å². The van der Waals surface area contributed by atoms with Crippen molar-refractivity contribution in [3.63, 3.8) is 0 Å². The van der Waals surface area contributed by atoms with Gasteiger partial charge in [0.1, 0.15) is 0 Å². The number of nitrogens with one attached hydrogen (secondary N) is 1. The monoisotopic (exact) mass is 288 g/mol. The van der Waals surface area contributed by atoms with Crippen molar-refractivity contribution in [1.82, 2.24) is 20.3 Å². The van der Waals surface area contributed by atoms with Crippen molar-refractivity contribution in [1.29, 1.82) is 0 Å². The fraction of sp³-hybridized carbons (Fsp3) is 0.357. The summed E-state index contributed by atoms with van der Waals surface area (Å²) in [6, 6.07) is 7.77. The van der Waals surface area contributed by atoms with Crippen LogP contribution in [-0.2, 0) is 4.84 Å². The summed E-state index contributed by atoms with van der Waals surface area (Å²) in [7, 11) is 3.93. The van der Waals surface area contributed by atoms with Crippen LogP contribution in [0.3, 0.4) is 0 Å². The third-order valence-electron chi connectivity index (χ3n) is 2.82. The smallest absolute Gasteiger partial charge is 0.253 e. The summed E-state index contributed by atoms with van der Waals surface area (Å²) in [5.41, 5.74) is 10.0. The molecule has 0 unspecified atom stereocenters. The summed E-state index contributed by atoms with van der Waals surface area (Å²) < 4.78 is 0. The largest absolute Gasteiger partial charge is 0.368 e. The highest BCUT2D eigenvalue weighted by Gasteiger charge is 2.03. The van der Waals surface area contributed by atoms with Gasteiger partial charge in [0.25, 0.3) is 5.95 Å². The zero-order chi connectivity index (χ0) is 15.2. The van der Waals surface area contributed by atoms with Crippen molar-refractivity contribution >= 4 is 22.8 Å². The molecule has 0 saturated carbocycles. The Labute approximate surface area is 123 Å². The molecule has 0 spiro atoms. The molecule has 0 radical (unpaired) electrons. The van der Waals surface area contributed by atoms with Crippen LogP contribution >= 0.6 is 0 Å². The SMILES string of the molecule is Cc1nc(/N=C(\N)NOCCN(C)C)nc2ccccc12. The van der Waals surface area contributed by atoms with Crippen LogP contribution in [0.1, 0.15) is 5.69 Å². The molecule has 0 aliphatic heterocycles. The second-order valence-corrected chi connectivity index (χ2v) is 4.88. The first-order valence-corrected chi connectivity index (χ1v) is 6.66. The first-order chi connectivity index (χ1) is 10.1. The van der Waals surface area contributed by atoms with Crippen LogP contribution in [0.2, 0.25) is 0 Å². The molecule has 1 aromatic carbocycles. The molecule has 3 N–H and O–H groups in total. The molecule has 0 atom stereocenters. The molecule has 21 heavy (non-hydrogen) atoms. The highest BCUT2D eigenvalue weighted by molar-refractivity contribution is 5.83. The first-order valence-electron chi connectivity index (χ1n) is 6.66. The molecule has 0 amide bonds. The average molecular weight is 288 g/mol. The topological polar surface area (TPSA) is 88.7 Å². The predicted octanol–water partition coefficient (Wildman–Crippen LogP) is 0.967. The molecule has 0 fully saturated rings. The maximum absolute atomic E-state index is 5.74. The van der Waals surface area contributed by atoms with Crippen molar-refractivity contribution in [2.24, 2.45) is 10.7 Å². The normalized spacial score (nSPS) is 12.1. The van der Waals surface area contributed by atoms with Gasteiger partial charge in [0.15, 0.2) is 0 Å². The minimum absolute atomic E-state index is 0.128. The lowest BCUT2D eigenvalue weighted by Crippen LogP contribution is -2.33. The molecule has 7 nitrogen and oxygen atoms in total. The third kappa shape index (κ3) is 4.37. The van der Waals surface area contributed by atoms with E-state index in [4.69, 9.17) is 10.6 Å². The lowest BCUT2D eigenvalue weighted by molar-refractivity contribution is 0.0721. The van der Waals surface area contributed by atoms with Crippen LogP contribution in [0.25, 0.3) is 10.9 Å². The van der Waals surface area contributed by atoms with E-state index in [1.54, 1.807) is 0 Å². The summed E-state index contributed by atoms with van der Waals surface area (Å²) in [6.07, 6.45) is 0. The molecule has 2 rings (SSSR count). The summed E-state index contributed by atoms with van der Waals surface area (Å²) in [4.78, 5) is 20.0. The number of aromatic nitrogens is 2. The van der Waals surface area contributed by atoms with E-state index in [9.17, 15) is 0 Å². The van der Waals surface area contributed by atoms with Crippen LogP contribution in [0.4, 0.5) is 5.95 Å². The summed E-state index contributed by atoms with van der Waals surface area (Å²) in [5, 5.41) is 1.00. The quantitative estimate of drug-likeness (QED) is 0.369.